The number of pyridine rings is 1. The number of carbonyl (C=O) groups is 1. The van der Waals surface area contributed by atoms with Crippen molar-refractivity contribution in [2.45, 2.75) is 19.4 Å². The molecule has 0 spiro atoms. The molecule has 1 amide bonds. The van der Waals surface area contributed by atoms with Crippen LogP contribution in [0.15, 0.2) is 42.6 Å². The lowest BCUT2D eigenvalue weighted by Crippen LogP contribution is -2.23. The zero-order valence-electron chi connectivity index (χ0n) is 12.5. The minimum Gasteiger partial charge on any atom is -0.399 e. The lowest BCUT2D eigenvalue weighted by Gasteiger charge is -2.17. The zero-order chi connectivity index (χ0) is 15.4. The quantitative estimate of drug-likeness (QED) is 0.848. The first kappa shape index (κ1) is 14.4. The summed E-state index contributed by atoms with van der Waals surface area (Å²) in [5.41, 5.74) is 7.92. The Morgan fingerprint density at radius 3 is 2.82 bits per heavy atom. The van der Waals surface area contributed by atoms with Gasteiger partial charge in [0.2, 0.25) is 0 Å². The van der Waals surface area contributed by atoms with Crippen molar-refractivity contribution in [2.24, 2.45) is 0 Å². The van der Waals surface area contributed by atoms with Crippen molar-refractivity contribution in [2.75, 3.05) is 23.7 Å². The van der Waals surface area contributed by atoms with E-state index in [2.05, 4.69) is 15.2 Å². The summed E-state index contributed by atoms with van der Waals surface area (Å²) >= 11 is 0. The van der Waals surface area contributed by atoms with E-state index in [9.17, 15) is 4.79 Å². The van der Waals surface area contributed by atoms with Crippen LogP contribution >= 0.6 is 0 Å². The van der Waals surface area contributed by atoms with Crippen LogP contribution in [-0.2, 0) is 6.54 Å². The zero-order valence-corrected chi connectivity index (χ0v) is 12.5. The predicted octanol–water partition coefficient (Wildman–Crippen LogP) is 2.19. The summed E-state index contributed by atoms with van der Waals surface area (Å²) in [6.07, 6.45) is 4.24. The van der Waals surface area contributed by atoms with Crippen molar-refractivity contribution in [1.82, 2.24) is 10.3 Å². The smallest absolute Gasteiger partial charge is 0.251 e. The first-order valence-corrected chi connectivity index (χ1v) is 7.56. The van der Waals surface area contributed by atoms with Crippen LogP contribution in [0.4, 0.5) is 11.5 Å². The van der Waals surface area contributed by atoms with E-state index >= 15 is 0 Å². The van der Waals surface area contributed by atoms with E-state index in [-0.39, 0.29) is 5.91 Å². The maximum absolute atomic E-state index is 12.1. The minimum atomic E-state index is -0.119. The highest BCUT2D eigenvalue weighted by atomic mass is 16.1. The Kier molecular flexibility index (Phi) is 4.23. The summed E-state index contributed by atoms with van der Waals surface area (Å²) in [4.78, 5) is 18.8. The van der Waals surface area contributed by atoms with Crippen molar-refractivity contribution in [3.8, 4) is 0 Å². The van der Waals surface area contributed by atoms with E-state index in [1.807, 2.05) is 12.1 Å². The molecule has 0 aliphatic carbocycles. The van der Waals surface area contributed by atoms with Gasteiger partial charge in [0.1, 0.15) is 5.82 Å². The molecule has 0 atom stereocenters. The Labute approximate surface area is 130 Å². The second-order valence-electron chi connectivity index (χ2n) is 5.52. The number of carbonyl (C=O) groups excluding carboxylic acids is 1. The molecule has 0 bridgehead atoms. The Hall–Kier alpha value is -2.56. The Morgan fingerprint density at radius 1 is 1.23 bits per heavy atom. The fraction of sp³-hybridized carbons (Fsp3) is 0.294. The largest absolute Gasteiger partial charge is 0.399 e. The second-order valence-corrected chi connectivity index (χ2v) is 5.52. The van der Waals surface area contributed by atoms with E-state index in [4.69, 9.17) is 5.73 Å². The summed E-state index contributed by atoms with van der Waals surface area (Å²) in [6.45, 7) is 2.61. The summed E-state index contributed by atoms with van der Waals surface area (Å²) in [6, 6.07) is 11.0. The highest BCUT2D eigenvalue weighted by molar-refractivity contribution is 5.94. The predicted molar refractivity (Wildman–Crippen MR) is 87.7 cm³/mol. The monoisotopic (exact) mass is 296 g/mol. The third-order valence-corrected chi connectivity index (χ3v) is 3.84. The molecule has 0 radical (unpaired) electrons. The van der Waals surface area contributed by atoms with Crippen molar-refractivity contribution in [3.05, 3.63) is 53.7 Å². The number of rotatable bonds is 4. The van der Waals surface area contributed by atoms with Crippen LogP contribution in [0.1, 0.15) is 28.8 Å². The average molecular weight is 296 g/mol. The van der Waals surface area contributed by atoms with Gasteiger partial charge in [-0.05, 0) is 48.7 Å². The van der Waals surface area contributed by atoms with Gasteiger partial charge in [0.25, 0.3) is 5.91 Å². The first-order valence-electron chi connectivity index (χ1n) is 7.56. The highest BCUT2D eigenvalue weighted by Gasteiger charge is 2.13. The lowest BCUT2D eigenvalue weighted by molar-refractivity contribution is 0.0951. The second kappa shape index (κ2) is 6.47. The molecule has 1 fully saturated rings. The SMILES string of the molecule is Nc1cccc(C(=O)NCc2ccnc(N3CCCC3)c2)c1. The van der Waals surface area contributed by atoms with Crippen LogP contribution in [0.5, 0.6) is 0 Å². The molecule has 22 heavy (non-hydrogen) atoms. The Morgan fingerprint density at radius 2 is 2.05 bits per heavy atom. The molecular weight excluding hydrogens is 276 g/mol. The molecule has 114 valence electrons. The van der Waals surface area contributed by atoms with Gasteiger partial charge in [0.15, 0.2) is 0 Å². The molecule has 2 aromatic rings. The van der Waals surface area contributed by atoms with Crippen molar-refractivity contribution in [1.29, 1.82) is 0 Å². The van der Waals surface area contributed by atoms with Gasteiger partial charge in [-0.2, -0.15) is 0 Å². The van der Waals surface area contributed by atoms with E-state index in [0.29, 0.717) is 17.8 Å². The van der Waals surface area contributed by atoms with Crippen molar-refractivity contribution >= 4 is 17.4 Å². The summed E-state index contributed by atoms with van der Waals surface area (Å²) in [5, 5.41) is 2.92. The van der Waals surface area contributed by atoms with Crippen LogP contribution in [0.3, 0.4) is 0 Å². The van der Waals surface area contributed by atoms with Gasteiger partial charge in [0.05, 0.1) is 0 Å². The number of aromatic nitrogens is 1. The molecule has 5 nitrogen and oxygen atoms in total. The number of amides is 1. The summed E-state index contributed by atoms with van der Waals surface area (Å²) in [7, 11) is 0. The third kappa shape index (κ3) is 3.36. The van der Waals surface area contributed by atoms with Crippen LogP contribution in [-0.4, -0.2) is 24.0 Å². The number of nitrogens with two attached hydrogens (primary N) is 1. The van der Waals surface area contributed by atoms with Crippen LogP contribution in [0.25, 0.3) is 0 Å². The van der Waals surface area contributed by atoms with E-state index in [1.165, 1.54) is 12.8 Å². The average Bonchev–Trinajstić information content (AvgIpc) is 3.07. The van der Waals surface area contributed by atoms with Gasteiger partial charge in [-0.15, -0.1) is 0 Å². The number of hydrogen-bond donors (Lipinski definition) is 2. The fourth-order valence-corrected chi connectivity index (χ4v) is 2.65. The maximum atomic E-state index is 12.1. The van der Waals surface area contributed by atoms with Crippen molar-refractivity contribution < 1.29 is 4.79 Å². The topological polar surface area (TPSA) is 71.2 Å². The van der Waals surface area contributed by atoms with Gasteiger partial charge in [-0.3, -0.25) is 4.79 Å². The van der Waals surface area contributed by atoms with Gasteiger partial charge in [-0.1, -0.05) is 6.07 Å². The molecule has 1 saturated heterocycles. The normalized spacial score (nSPS) is 14.1. The summed E-state index contributed by atoms with van der Waals surface area (Å²) in [5.74, 6) is 0.875. The number of nitrogens with one attached hydrogen (secondary N) is 1. The highest BCUT2D eigenvalue weighted by Crippen LogP contribution is 2.18. The van der Waals surface area contributed by atoms with E-state index in [0.717, 1.165) is 24.5 Å². The van der Waals surface area contributed by atoms with Gasteiger partial charge < -0.3 is 16.0 Å². The Bertz CT molecular complexity index is 665. The molecule has 1 aromatic heterocycles. The van der Waals surface area contributed by atoms with Crippen molar-refractivity contribution in [3.63, 3.8) is 0 Å². The van der Waals surface area contributed by atoms with Crippen LogP contribution in [0.2, 0.25) is 0 Å². The molecule has 3 N–H and O–H groups in total. The minimum absolute atomic E-state index is 0.119. The van der Waals surface area contributed by atoms with E-state index in [1.54, 1.807) is 30.5 Å². The molecule has 1 aromatic carbocycles. The molecule has 1 aliphatic heterocycles. The standard InChI is InChI=1S/C17H20N4O/c18-15-5-3-4-14(11-15)17(22)20-12-13-6-7-19-16(10-13)21-8-1-2-9-21/h3-7,10-11H,1-2,8-9,12,18H2,(H,20,22). The molecular formula is C17H20N4O. The van der Waals surface area contributed by atoms with Crippen LogP contribution < -0.4 is 16.0 Å². The number of hydrogen-bond acceptors (Lipinski definition) is 4. The first-order chi connectivity index (χ1) is 10.7. The number of nitrogen functional groups attached to an aromatic ring is 1. The van der Waals surface area contributed by atoms with Gasteiger partial charge >= 0.3 is 0 Å². The molecule has 1 aliphatic rings. The Balaban J connectivity index is 1.63. The maximum Gasteiger partial charge on any atom is 0.251 e. The fourth-order valence-electron chi connectivity index (χ4n) is 2.65. The molecule has 2 heterocycles. The van der Waals surface area contributed by atoms with E-state index < -0.39 is 0 Å². The van der Waals surface area contributed by atoms with Crippen LogP contribution in [0, 0.1) is 0 Å². The number of benzene rings is 1. The molecule has 5 heteroatoms. The number of nitrogens with zero attached hydrogens (tertiary/aromatic N) is 2. The summed E-state index contributed by atoms with van der Waals surface area (Å²) < 4.78 is 0. The lowest BCUT2D eigenvalue weighted by atomic mass is 10.2. The number of anilines is 2. The molecule has 0 unspecified atom stereocenters. The molecule has 3 rings (SSSR count). The molecule has 0 saturated carbocycles. The van der Waals surface area contributed by atoms with Gasteiger partial charge in [-0.25, -0.2) is 4.98 Å². The van der Waals surface area contributed by atoms with Gasteiger partial charge in [0, 0.05) is 37.1 Å². The third-order valence-electron chi connectivity index (χ3n) is 3.84.